The van der Waals surface area contributed by atoms with Crippen LogP contribution >= 0.6 is 0 Å². The second kappa shape index (κ2) is 6.53. The Morgan fingerprint density at radius 3 is 3.00 bits per heavy atom. The fourth-order valence-corrected chi connectivity index (χ4v) is 2.31. The lowest BCUT2D eigenvalue weighted by Crippen LogP contribution is -2.44. The van der Waals surface area contributed by atoms with Crippen molar-refractivity contribution in [1.82, 2.24) is 5.32 Å². The van der Waals surface area contributed by atoms with Crippen LogP contribution in [-0.2, 0) is 4.74 Å². The molecule has 1 fully saturated rings. The minimum Gasteiger partial charge on any atom is -0.490 e. The number of morpholine rings is 1. The minimum absolute atomic E-state index is 0.0127. The molecule has 1 aromatic carbocycles. The van der Waals surface area contributed by atoms with Crippen LogP contribution in [0.4, 0.5) is 11.4 Å². The van der Waals surface area contributed by atoms with Gasteiger partial charge in [0, 0.05) is 26.7 Å². The summed E-state index contributed by atoms with van der Waals surface area (Å²) in [6, 6.07) is 5.06. The van der Waals surface area contributed by atoms with E-state index in [9.17, 15) is 10.1 Å². The third-order valence-electron chi connectivity index (χ3n) is 3.27. The highest BCUT2D eigenvalue weighted by Crippen LogP contribution is 2.36. The quantitative estimate of drug-likeness (QED) is 0.641. The van der Waals surface area contributed by atoms with Gasteiger partial charge >= 0.3 is 5.69 Å². The van der Waals surface area contributed by atoms with Gasteiger partial charge in [0.1, 0.15) is 5.69 Å². The standard InChI is InChI=1S/C13H19N3O4/c1-15(9-10-8-14-6-7-20-10)11-4-3-5-12(19-2)13(11)16(17)18/h3-5,10,14H,6-9H2,1-2H3. The Kier molecular flexibility index (Phi) is 4.75. The van der Waals surface area contributed by atoms with Gasteiger partial charge in [-0.25, -0.2) is 0 Å². The largest absolute Gasteiger partial charge is 0.490 e. The molecule has 0 spiro atoms. The molecule has 1 aliphatic heterocycles. The van der Waals surface area contributed by atoms with E-state index >= 15 is 0 Å². The average molecular weight is 281 g/mol. The predicted octanol–water partition coefficient (Wildman–Crippen LogP) is 1.03. The van der Waals surface area contributed by atoms with Crippen LogP contribution in [0.3, 0.4) is 0 Å². The Morgan fingerprint density at radius 2 is 2.40 bits per heavy atom. The summed E-state index contributed by atoms with van der Waals surface area (Å²) < 4.78 is 10.7. The number of nitrogens with zero attached hydrogens (tertiary/aromatic N) is 2. The van der Waals surface area contributed by atoms with Crippen molar-refractivity contribution in [3.8, 4) is 5.75 Å². The maximum atomic E-state index is 11.3. The number of likely N-dealkylation sites (N-methyl/N-ethyl adjacent to an activating group) is 1. The van der Waals surface area contributed by atoms with Crippen molar-refractivity contribution in [3.63, 3.8) is 0 Å². The molecule has 0 aromatic heterocycles. The molecule has 7 heteroatoms. The lowest BCUT2D eigenvalue weighted by atomic mass is 10.2. The lowest BCUT2D eigenvalue weighted by Gasteiger charge is -2.29. The van der Waals surface area contributed by atoms with E-state index in [1.54, 1.807) is 18.2 Å². The number of benzene rings is 1. The Bertz CT molecular complexity index is 475. The molecule has 7 nitrogen and oxygen atoms in total. The maximum absolute atomic E-state index is 11.3. The normalized spacial score (nSPS) is 18.6. The molecule has 1 N–H and O–H groups in total. The molecule has 0 radical (unpaired) electrons. The van der Waals surface area contributed by atoms with E-state index in [-0.39, 0.29) is 17.5 Å². The fraction of sp³-hybridized carbons (Fsp3) is 0.538. The maximum Gasteiger partial charge on any atom is 0.333 e. The number of methoxy groups -OCH3 is 1. The van der Waals surface area contributed by atoms with Crippen molar-refractivity contribution in [2.75, 3.05) is 45.3 Å². The van der Waals surface area contributed by atoms with Gasteiger partial charge in [0.05, 0.1) is 24.7 Å². The molecule has 2 rings (SSSR count). The smallest absolute Gasteiger partial charge is 0.333 e. The van der Waals surface area contributed by atoms with Crippen LogP contribution < -0.4 is 15.0 Å². The molecule has 0 saturated carbocycles. The minimum atomic E-state index is -0.412. The van der Waals surface area contributed by atoms with Gasteiger partial charge in [-0.1, -0.05) is 6.07 Å². The predicted molar refractivity (Wildman–Crippen MR) is 75.5 cm³/mol. The first kappa shape index (κ1) is 14.5. The Hall–Kier alpha value is -1.86. The number of nitro groups is 1. The average Bonchev–Trinajstić information content (AvgIpc) is 2.47. The molecule has 0 amide bonds. The SMILES string of the molecule is COc1cccc(N(C)CC2CNCCO2)c1[N+](=O)[O-]. The summed E-state index contributed by atoms with van der Waals surface area (Å²) in [5, 5.41) is 14.5. The third kappa shape index (κ3) is 3.17. The van der Waals surface area contributed by atoms with E-state index in [2.05, 4.69) is 5.32 Å². The molecule has 1 aliphatic rings. The summed E-state index contributed by atoms with van der Waals surface area (Å²) >= 11 is 0. The van der Waals surface area contributed by atoms with Gasteiger partial charge in [-0.2, -0.15) is 0 Å². The third-order valence-corrected chi connectivity index (χ3v) is 3.27. The van der Waals surface area contributed by atoms with E-state index < -0.39 is 4.92 Å². The van der Waals surface area contributed by atoms with Crippen LogP contribution in [0.2, 0.25) is 0 Å². The first-order valence-electron chi connectivity index (χ1n) is 6.48. The van der Waals surface area contributed by atoms with E-state index in [0.29, 0.717) is 18.8 Å². The molecular formula is C13H19N3O4. The Balaban J connectivity index is 2.19. The zero-order valence-electron chi connectivity index (χ0n) is 11.7. The van der Waals surface area contributed by atoms with Gasteiger partial charge in [-0.3, -0.25) is 10.1 Å². The van der Waals surface area contributed by atoms with Crippen LogP contribution in [0.15, 0.2) is 18.2 Å². The molecular weight excluding hydrogens is 262 g/mol. The number of anilines is 1. The topological polar surface area (TPSA) is 76.9 Å². The van der Waals surface area contributed by atoms with Crippen LogP contribution in [0.5, 0.6) is 5.75 Å². The Morgan fingerprint density at radius 1 is 1.60 bits per heavy atom. The zero-order valence-corrected chi connectivity index (χ0v) is 11.7. The molecule has 1 aromatic rings. The van der Waals surface area contributed by atoms with Gasteiger partial charge in [0.15, 0.2) is 5.75 Å². The van der Waals surface area contributed by atoms with E-state index in [1.165, 1.54) is 7.11 Å². The lowest BCUT2D eigenvalue weighted by molar-refractivity contribution is -0.385. The van der Waals surface area contributed by atoms with Crippen molar-refractivity contribution >= 4 is 11.4 Å². The number of hydrogen-bond donors (Lipinski definition) is 1. The number of hydrogen-bond acceptors (Lipinski definition) is 6. The van der Waals surface area contributed by atoms with E-state index in [1.807, 2.05) is 11.9 Å². The monoisotopic (exact) mass is 281 g/mol. The highest BCUT2D eigenvalue weighted by atomic mass is 16.6. The summed E-state index contributed by atoms with van der Waals surface area (Å²) in [7, 11) is 3.25. The number of ether oxygens (including phenoxy) is 2. The van der Waals surface area contributed by atoms with Gasteiger partial charge in [0.25, 0.3) is 0 Å². The molecule has 20 heavy (non-hydrogen) atoms. The highest BCUT2D eigenvalue weighted by molar-refractivity contribution is 5.69. The summed E-state index contributed by atoms with van der Waals surface area (Å²) in [5.74, 6) is 0.266. The highest BCUT2D eigenvalue weighted by Gasteiger charge is 2.25. The van der Waals surface area contributed by atoms with Gasteiger partial charge < -0.3 is 19.7 Å². The number of para-hydroxylation sites is 1. The van der Waals surface area contributed by atoms with Crippen LogP contribution in [0, 0.1) is 10.1 Å². The zero-order chi connectivity index (χ0) is 14.5. The fourth-order valence-electron chi connectivity index (χ4n) is 2.31. The van der Waals surface area contributed by atoms with Crippen molar-refractivity contribution in [1.29, 1.82) is 0 Å². The first-order chi connectivity index (χ1) is 9.63. The first-order valence-corrected chi connectivity index (χ1v) is 6.48. The summed E-state index contributed by atoms with van der Waals surface area (Å²) in [6.45, 7) is 2.85. The van der Waals surface area contributed by atoms with Crippen LogP contribution in [-0.4, -0.2) is 51.4 Å². The van der Waals surface area contributed by atoms with Gasteiger partial charge in [-0.15, -0.1) is 0 Å². The van der Waals surface area contributed by atoms with Gasteiger partial charge in [0.2, 0.25) is 0 Å². The molecule has 0 bridgehead atoms. The number of rotatable bonds is 5. The van der Waals surface area contributed by atoms with Crippen molar-refractivity contribution in [2.24, 2.45) is 0 Å². The van der Waals surface area contributed by atoms with Crippen LogP contribution in [0.1, 0.15) is 0 Å². The molecule has 1 atom stereocenters. The Labute approximate surface area is 117 Å². The second-order valence-electron chi connectivity index (χ2n) is 4.66. The van der Waals surface area contributed by atoms with Crippen molar-refractivity contribution < 1.29 is 14.4 Å². The second-order valence-corrected chi connectivity index (χ2v) is 4.66. The number of nitrogens with one attached hydrogen (secondary N) is 1. The molecule has 1 heterocycles. The molecule has 0 aliphatic carbocycles. The molecule has 1 saturated heterocycles. The van der Waals surface area contributed by atoms with Crippen molar-refractivity contribution in [3.05, 3.63) is 28.3 Å². The summed E-state index contributed by atoms with van der Waals surface area (Å²) in [5.41, 5.74) is 0.518. The summed E-state index contributed by atoms with van der Waals surface area (Å²) in [4.78, 5) is 12.7. The van der Waals surface area contributed by atoms with E-state index in [0.717, 1.165) is 13.1 Å². The van der Waals surface area contributed by atoms with Crippen molar-refractivity contribution in [2.45, 2.75) is 6.10 Å². The molecule has 110 valence electrons. The molecule has 1 unspecified atom stereocenters. The van der Waals surface area contributed by atoms with E-state index in [4.69, 9.17) is 9.47 Å². The summed E-state index contributed by atoms with van der Waals surface area (Å²) in [6.07, 6.45) is 0.0274. The van der Waals surface area contributed by atoms with Gasteiger partial charge in [-0.05, 0) is 12.1 Å². The van der Waals surface area contributed by atoms with Crippen LogP contribution in [0.25, 0.3) is 0 Å². The number of nitro benzene ring substituents is 1.